The smallest absolute Gasteiger partial charge is 0.118 e. The molecule has 0 saturated heterocycles. The van der Waals surface area contributed by atoms with Gasteiger partial charge in [0, 0.05) is 24.6 Å². The maximum absolute atomic E-state index is 12.6. The maximum atomic E-state index is 12.6. The monoisotopic (exact) mass is 316 g/mol. The average molecular weight is 316 g/mol. The van der Waals surface area contributed by atoms with Crippen molar-refractivity contribution < 1.29 is 19.0 Å². The van der Waals surface area contributed by atoms with E-state index in [9.17, 15) is 9.42 Å². The first-order valence-electron chi connectivity index (χ1n) is 6.50. The zero-order chi connectivity index (χ0) is 14.8. The molecule has 1 unspecified atom stereocenters. The third-order valence-corrected chi connectivity index (χ3v) is 4.71. The lowest BCUT2D eigenvalue weighted by Gasteiger charge is -2.24. The lowest BCUT2D eigenvalue weighted by Crippen LogP contribution is -2.26. The topological polar surface area (TPSA) is 59.0 Å². The van der Waals surface area contributed by atoms with Crippen LogP contribution in [0, 0.1) is 0 Å². The molecule has 2 aromatic carbocycles. The van der Waals surface area contributed by atoms with Crippen LogP contribution in [-0.4, -0.2) is 31.5 Å². The molecule has 1 atom stereocenters. The molecule has 22 heavy (non-hydrogen) atoms. The van der Waals surface area contributed by atoms with Crippen molar-refractivity contribution in [3.05, 3.63) is 48.0 Å². The summed E-state index contributed by atoms with van der Waals surface area (Å²) in [5, 5.41) is 10.3. The minimum Gasteiger partial charge on any atom is -0.497 e. The highest BCUT2D eigenvalue weighted by molar-refractivity contribution is 7.85. The molecule has 113 valence electrons. The molecule has 0 amide bonds. The van der Waals surface area contributed by atoms with Gasteiger partial charge in [0.1, 0.15) is 5.75 Å². The summed E-state index contributed by atoms with van der Waals surface area (Å²) >= 11 is 0. The summed E-state index contributed by atoms with van der Waals surface area (Å²) in [5.41, 5.74) is 1.51. The van der Waals surface area contributed by atoms with Gasteiger partial charge in [-0.1, -0.05) is 0 Å². The van der Waals surface area contributed by atoms with Crippen molar-refractivity contribution in [2.75, 3.05) is 18.9 Å². The van der Waals surface area contributed by atoms with Gasteiger partial charge in [0.2, 0.25) is 0 Å². The molecule has 0 bridgehead atoms. The van der Waals surface area contributed by atoms with Crippen LogP contribution in [0.4, 0.5) is 5.69 Å². The second-order valence-corrected chi connectivity index (χ2v) is 6.07. The molecule has 2 aromatic rings. The average Bonchev–Trinajstić information content (AvgIpc) is 2.54. The van der Waals surface area contributed by atoms with E-state index in [-0.39, 0.29) is 8.41 Å². The van der Waals surface area contributed by atoms with Gasteiger partial charge < -0.3 is 4.74 Å². The van der Waals surface area contributed by atoms with E-state index < -0.39 is 10.8 Å². The molecule has 1 aliphatic heterocycles. The van der Waals surface area contributed by atoms with E-state index in [0.29, 0.717) is 28.5 Å². The van der Waals surface area contributed by atoms with Gasteiger partial charge in [-0.05, 0) is 48.0 Å². The van der Waals surface area contributed by atoms with Crippen LogP contribution < -0.4 is 9.96 Å². The quantitative estimate of drug-likeness (QED) is 0.880. The van der Waals surface area contributed by atoms with Gasteiger partial charge >= 0.3 is 0 Å². The maximum Gasteiger partial charge on any atom is 0.118 e. The molecule has 0 spiro atoms. The van der Waals surface area contributed by atoms with Crippen molar-refractivity contribution in [3.8, 4) is 5.75 Å². The highest BCUT2D eigenvalue weighted by Gasteiger charge is 2.18. The normalized spacial score (nSPS) is 14.7. The predicted octanol–water partition coefficient (Wildman–Crippen LogP) is 2.16. The Balaban J connectivity index is 0.00000176. The lowest BCUT2D eigenvalue weighted by atomic mass is 10.1. The Bertz CT molecular complexity index is 678. The minimum atomic E-state index is -1.26. The van der Waals surface area contributed by atoms with Crippen molar-refractivity contribution in [1.82, 2.24) is 0 Å². The second-order valence-electron chi connectivity index (χ2n) is 4.59. The third-order valence-electron chi connectivity index (χ3n) is 3.33. The number of methoxy groups -OCH3 is 1. The van der Waals surface area contributed by atoms with E-state index in [2.05, 4.69) is 0 Å². The van der Waals surface area contributed by atoms with Gasteiger partial charge in [-0.15, -0.1) is 5.23 Å². The Morgan fingerprint density at radius 2 is 1.86 bits per heavy atom. The third kappa shape index (κ3) is 3.16. The Morgan fingerprint density at radius 3 is 2.55 bits per heavy atom. The van der Waals surface area contributed by atoms with Crippen molar-refractivity contribution in [3.63, 3.8) is 0 Å². The molecule has 0 aromatic heterocycles. The number of benzene rings is 2. The van der Waals surface area contributed by atoms with Gasteiger partial charge in [-0.3, -0.25) is 5.21 Å². The minimum absolute atomic E-state index is 0. The molecule has 7 heteroatoms. The standard InChI is InChI=1S/C15H15NO4S.B/c1-19-12-2-4-13(5-3-12)21(18)14-6-7-15-11(10-14)8-9-20-16(15)17;/h2-7,10,17H,8-9H2,1H3;. The van der Waals surface area contributed by atoms with Gasteiger partial charge in [-0.25, -0.2) is 9.05 Å². The summed E-state index contributed by atoms with van der Waals surface area (Å²) in [4.78, 5) is 6.43. The van der Waals surface area contributed by atoms with Gasteiger partial charge in [0.05, 0.1) is 30.2 Å². The fourth-order valence-electron chi connectivity index (χ4n) is 2.21. The first kappa shape index (κ1) is 16.5. The Kier molecular flexibility index (Phi) is 5.23. The highest BCUT2D eigenvalue weighted by atomic mass is 32.2. The van der Waals surface area contributed by atoms with Crippen molar-refractivity contribution >= 4 is 24.9 Å². The first-order valence-corrected chi connectivity index (χ1v) is 7.64. The summed E-state index contributed by atoms with van der Waals surface area (Å²) in [6, 6.07) is 12.4. The number of nitrogens with zero attached hydrogens (tertiary/aromatic N) is 1. The molecule has 3 radical (unpaired) electrons. The van der Waals surface area contributed by atoms with E-state index in [1.807, 2.05) is 6.07 Å². The van der Waals surface area contributed by atoms with Crippen LogP contribution >= 0.6 is 0 Å². The number of rotatable bonds is 3. The van der Waals surface area contributed by atoms with E-state index in [4.69, 9.17) is 9.57 Å². The largest absolute Gasteiger partial charge is 0.497 e. The molecule has 3 rings (SSSR count). The fraction of sp³-hybridized carbons (Fsp3) is 0.200. The van der Waals surface area contributed by atoms with Crippen molar-refractivity contribution in [1.29, 1.82) is 0 Å². The Morgan fingerprint density at radius 1 is 1.18 bits per heavy atom. The molecule has 5 nitrogen and oxygen atoms in total. The van der Waals surface area contributed by atoms with Crippen LogP contribution in [0.2, 0.25) is 0 Å². The summed E-state index contributed by atoms with van der Waals surface area (Å²) in [7, 11) is 0.333. The number of fused-ring (bicyclic) bond motifs is 1. The molecular weight excluding hydrogens is 301 g/mol. The van der Waals surface area contributed by atoms with Crippen molar-refractivity contribution in [2.24, 2.45) is 0 Å². The number of hydrogen-bond acceptors (Lipinski definition) is 5. The Labute approximate surface area is 133 Å². The fourth-order valence-corrected chi connectivity index (χ4v) is 3.31. The number of anilines is 1. The summed E-state index contributed by atoms with van der Waals surface area (Å²) in [5.74, 6) is 0.731. The van der Waals surface area contributed by atoms with Crippen LogP contribution in [0.1, 0.15) is 5.56 Å². The van der Waals surface area contributed by atoms with Gasteiger partial charge in [0.25, 0.3) is 0 Å². The molecule has 1 N–H and O–H groups in total. The molecule has 0 aliphatic carbocycles. The molecule has 0 fully saturated rings. The zero-order valence-electron chi connectivity index (χ0n) is 12.1. The van der Waals surface area contributed by atoms with Crippen LogP contribution in [0.5, 0.6) is 5.75 Å². The molecule has 1 heterocycles. The zero-order valence-corrected chi connectivity index (χ0v) is 12.9. The van der Waals surface area contributed by atoms with E-state index in [0.717, 1.165) is 16.5 Å². The second kappa shape index (κ2) is 6.96. The summed E-state index contributed by atoms with van der Waals surface area (Å²) in [6.07, 6.45) is 0.681. The van der Waals surface area contributed by atoms with E-state index >= 15 is 0 Å². The highest BCUT2D eigenvalue weighted by Crippen LogP contribution is 2.28. The summed E-state index contributed by atoms with van der Waals surface area (Å²) < 4.78 is 17.7. The van der Waals surface area contributed by atoms with Crippen LogP contribution in [0.25, 0.3) is 0 Å². The van der Waals surface area contributed by atoms with Crippen LogP contribution in [0.3, 0.4) is 0 Å². The molecular formula is C15H15BNO4S. The summed E-state index contributed by atoms with van der Waals surface area (Å²) in [6.45, 7) is 0.405. The lowest BCUT2D eigenvalue weighted by molar-refractivity contribution is -0.0473. The Hall–Kier alpha value is -1.83. The number of hydrogen-bond donors (Lipinski definition) is 1. The first-order chi connectivity index (χ1) is 10.2. The number of ether oxygens (including phenoxy) is 1. The van der Waals surface area contributed by atoms with E-state index in [1.165, 1.54) is 0 Å². The van der Waals surface area contributed by atoms with Gasteiger partial charge in [0.15, 0.2) is 0 Å². The predicted molar refractivity (Wildman–Crippen MR) is 83.8 cm³/mol. The van der Waals surface area contributed by atoms with Crippen LogP contribution in [-0.2, 0) is 22.1 Å². The molecule has 1 aliphatic rings. The van der Waals surface area contributed by atoms with Crippen molar-refractivity contribution in [2.45, 2.75) is 16.2 Å². The van der Waals surface area contributed by atoms with Crippen LogP contribution in [0.15, 0.2) is 52.3 Å². The molecule has 0 saturated carbocycles. The van der Waals surface area contributed by atoms with E-state index in [1.54, 1.807) is 43.5 Å². The SMILES string of the molecule is COc1ccc(S(=O)c2ccc3c(c2)CCON3O)cc1.[B]. The van der Waals surface area contributed by atoms with Gasteiger partial charge in [-0.2, -0.15) is 0 Å².